The van der Waals surface area contributed by atoms with Crippen LogP contribution >= 0.6 is 12.2 Å². The van der Waals surface area contributed by atoms with Crippen LogP contribution in [0.4, 0.5) is 11.4 Å². The molecule has 7 heteroatoms. The first-order chi connectivity index (χ1) is 14.9. The molecule has 1 aliphatic heterocycles. The van der Waals surface area contributed by atoms with Gasteiger partial charge in [-0.05, 0) is 73.2 Å². The van der Waals surface area contributed by atoms with Gasteiger partial charge in [0.2, 0.25) is 0 Å². The summed E-state index contributed by atoms with van der Waals surface area (Å²) in [6.45, 7) is 12.4. The minimum atomic E-state index is -0.252. The molecule has 2 N–H and O–H groups in total. The Morgan fingerprint density at radius 1 is 1.03 bits per heavy atom. The zero-order chi connectivity index (χ0) is 22.2. The predicted molar refractivity (Wildman–Crippen MR) is 131 cm³/mol. The number of ether oxygens (including phenoxy) is 1. The molecule has 1 saturated heterocycles. The third-order valence-corrected chi connectivity index (χ3v) is 5.44. The number of piperazine rings is 1. The van der Waals surface area contributed by atoms with E-state index >= 15 is 0 Å². The topological polar surface area (TPSA) is 56.8 Å². The van der Waals surface area contributed by atoms with Gasteiger partial charge in [0.25, 0.3) is 5.91 Å². The van der Waals surface area contributed by atoms with Crippen molar-refractivity contribution < 1.29 is 9.53 Å². The van der Waals surface area contributed by atoms with E-state index in [0.29, 0.717) is 18.1 Å². The van der Waals surface area contributed by atoms with Crippen LogP contribution in [0.5, 0.6) is 5.75 Å². The number of thiocarbonyl (C=S) groups is 1. The largest absolute Gasteiger partial charge is 0.493 e. The van der Waals surface area contributed by atoms with Gasteiger partial charge >= 0.3 is 0 Å². The molecule has 0 spiro atoms. The van der Waals surface area contributed by atoms with E-state index in [-0.39, 0.29) is 11.0 Å². The van der Waals surface area contributed by atoms with Gasteiger partial charge in [-0.2, -0.15) is 0 Å². The van der Waals surface area contributed by atoms with E-state index in [9.17, 15) is 4.79 Å². The van der Waals surface area contributed by atoms with Crippen molar-refractivity contribution in [1.82, 2.24) is 10.2 Å². The summed E-state index contributed by atoms with van der Waals surface area (Å²) < 4.78 is 5.65. The molecule has 0 aliphatic carbocycles. The maximum absolute atomic E-state index is 12.4. The summed E-state index contributed by atoms with van der Waals surface area (Å²) in [5.74, 6) is 0.951. The van der Waals surface area contributed by atoms with Crippen molar-refractivity contribution in [3.8, 4) is 5.75 Å². The maximum Gasteiger partial charge on any atom is 0.257 e. The summed E-state index contributed by atoms with van der Waals surface area (Å²) in [5.41, 5.74) is 2.58. The number of nitrogens with one attached hydrogen (secondary N) is 2. The Morgan fingerprint density at radius 3 is 2.26 bits per heavy atom. The molecule has 1 amide bonds. The van der Waals surface area contributed by atoms with Crippen molar-refractivity contribution in [2.24, 2.45) is 5.92 Å². The predicted octanol–water partition coefficient (Wildman–Crippen LogP) is 3.99. The minimum Gasteiger partial charge on any atom is -0.493 e. The Kier molecular flexibility index (Phi) is 8.26. The third-order valence-electron chi connectivity index (χ3n) is 5.24. The van der Waals surface area contributed by atoms with E-state index in [1.807, 2.05) is 12.1 Å². The summed E-state index contributed by atoms with van der Waals surface area (Å²) in [7, 11) is 0. The van der Waals surface area contributed by atoms with Crippen LogP contribution in [0, 0.1) is 5.92 Å². The molecule has 0 aromatic heterocycles. The van der Waals surface area contributed by atoms with E-state index in [4.69, 9.17) is 17.0 Å². The van der Waals surface area contributed by atoms with Crippen LogP contribution in [0.25, 0.3) is 0 Å². The fourth-order valence-corrected chi connectivity index (χ4v) is 3.59. The highest BCUT2D eigenvalue weighted by atomic mass is 32.1. The SMILES string of the molecule is CCN1CCN(c2ccc(NC(=S)NC(=O)c3ccc(OCC(C)C)cc3)cc2)CC1. The zero-order valence-electron chi connectivity index (χ0n) is 18.6. The lowest BCUT2D eigenvalue weighted by atomic mass is 10.2. The molecule has 0 atom stereocenters. The molecule has 2 aromatic rings. The summed E-state index contributed by atoms with van der Waals surface area (Å²) in [4.78, 5) is 17.3. The van der Waals surface area contributed by atoms with Crippen molar-refractivity contribution in [3.63, 3.8) is 0 Å². The summed E-state index contributed by atoms with van der Waals surface area (Å²) in [6, 6.07) is 15.2. The second-order valence-corrected chi connectivity index (χ2v) is 8.51. The van der Waals surface area contributed by atoms with Crippen LogP contribution in [0.15, 0.2) is 48.5 Å². The van der Waals surface area contributed by atoms with Crippen LogP contribution in [0.3, 0.4) is 0 Å². The van der Waals surface area contributed by atoms with Crippen LogP contribution in [-0.2, 0) is 0 Å². The van der Waals surface area contributed by atoms with Crippen LogP contribution in [0.1, 0.15) is 31.1 Å². The van der Waals surface area contributed by atoms with Crippen LogP contribution in [0.2, 0.25) is 0 Å². The van der Waals surface area contributed by atoms with Gasteiger partial charge in [-0.15, -0.1) is 0 Å². The molecule has 0 saturated carbocycles. The highest BCUT2D eigenvalue weighted by Crippen LogP contribution is 2.19. The quantitative estimate of drug-likeness (QED) is 0.635. The molecule has 2 aromatic carbocycles. The van der Waals surface area contributed by atoms with Crippen molar-refractivity contribution in [2.75, 3.05) is 49.5 Å². The normalized spacial score (nSPS) is 14.4. The first-order valence-electron chi connectivity index (χ1n) is 10.9. The molecular weight excluding hydrogens is 408 g/mol. The summed E-state index contributed by atoms with van der Waals surface area (Å²) >= 11 is 5.31. The van der Waals surface area contributed by atoms with Crippen LogP contribution in [-0.4, -0.2) is 55.3 Å². The van der Waals surface area contributed by atoms with E-state index in [0.717, 1.165) is 44.2 Å². The molecule has 0 unspecified atom stereocenters. The molecule has 6 nitrogen and oxygen atoms in total. The lowest BCUT2D eigenvalue weighted by molar-refractivity contribution is 0.0977. The van der Waals surface area contributed by atoms with Crippen molar-refractivity contribution in [2.45, 2.75) is 20.8 Å². The second-order valence-electron chi connectivity index (χ2n) is 8.11. The molecule has 31 heavy (non-hydrogen) atoms. The molecule has 1 aliphatic rings. The zero-order valence-corrected chi connectivity index (χ0v) is 19.4. The van der Waals surface area contributed by atoms with Gasteiger partial charge in [0.1, 0.15) is 5.75 Å². The monoisotopic (exact) mass is 440 g/mol. The number of hydrogen-bond donors (Lipinski definition) is 2. The molecule has 0 bridgehead atoms. The number of benzene rings is 2. The lowest BCUT2D eigenvalue weighted by Gasteiger charge is -2.35. The highest BCUT2D eigenvalue weighted by Gasteiger charge is 2.15. The third kappa shape index (κ3) is 6.94. The Balaban J connectivity index is 1.48. The smallest absolute Gasteiger partial charge is 0.257 e. The maximum atomic E-state index is 12.4. The van der Waals surface area contributed by atoms with Gasteiger partial charge in [0.15, 0.2) is 5.11 Å². The number of rotatable bonds is 7. The summed E-state index contributed by atoms with van der Waals surface area (Å²) in [6.07, 6.45) is 0. The Morgan fingerprint density at radius 2 is 1.68 bits per heavy atom. The van der Waals surface area contributed by atoms with Gasteiger partial charge in [-0.3, -0.25) is 10.1 Å². The lowest BCUT2D eigenvalue weighted by Crippen LogP contribution is -2.46. The number of amides is 1. The molecule has 166 valence electrons. The average Bonchev–Trinajstić information content (AvgIpc) is 2.78. The van der Waals surface area contributed by atoms with E-state index < -0.39 is 0 Å². The first-order valence-corrected chi connectivity index (χ1v) is 11.3. The van der Waals surface area contributed by atoms with Crippen molar-refractivity contribution in [3.05, 3.63) is 54.1 Å². The number of nitrogens with zero attached hydrogens (tertiary/aromatic N) is 2. The minimum absolute atomic E-state index is 0.252. The molecular formula is C24H32N4O2S. The Hall–Kier alpha value is -2.64. The fraction of sp³-hybridized carbons (Fsp3) is 0.417. The van der Waals surface area contributed by atoms with Gasteiger partial charge < -0.3 is 19.9 Å². The van der Waals surface area contributed by atoms with E-state index in [2.05, 4.69) is 53.3 Å². The van der Waals surface area contributed by atoms with Crippen molar-refractivity contribution >= 4 is 34.6 Å². The van der Waals surface area contributed by atoms with Crippen molar-refractivity contribution in [1.29, 1.82) is 0 Å². The number of carbonyl (C=O) groups is 1. The van der Waals surface area contributed by atoms with Gasteiger partial charge in [0.05, 0.1) is 6.61 Å². The Labute approximate surface area is 190 Å². The van der Waals surface area contributed by atoms with Crippen LogP contribution < -0.4 is 20.3 Å². The standard InChI is InChI=1S/C24H32N4O2S/c1-4-27-13-15-28(16-14-27)21-9-7-20(8-10-21)25-24(31)26-23(29)19-5-11-22(12-6-19)30-17-18(2)3/h5-12,18H,4,13-17H2,1-3H3,(H2,25,26,29,31). The van der Waals surface area contributed by atoms with Gasteiger partial charge in [0, 0.05) is 43.1 Å². The number of carbonyl (C=O) groups excluding carboxylic acids is 1. The first kappa shape index (κ1) is 23.0. The van der Waals surface area contributed by atoms with Gasteiger partial charge in [-0.25, -0.2) is 0 Å². The molecule has 1 heterocycles. The van der Waals surface area contributed by atoms with E-state index in [1.165, 1.54) is 5.69 Å². The fourth-order valence-electron chi connectivity index (χ4n) is 3.38. The van der Waals surface area contributed by atoms with Gasteiger partial charge in [-0.1, -0.05) is 20.8 Å². The molecule has 1 fully saturated rings. The number of anilines is 2. The average molecular weight is 441 g/mol. The Bertz CT molecular complexity index is 860. The summed E-state index contributed by atoms with van der Waals surface area (Å²) in [5, 5.41) is 6.08. The second kappa shape index (κ2) is 11.1. The number of hydrogen-bond acceptors (Lipinski definition) is 5. The molecule has 3 rings (SSSR count). The number of likely N-dealkylation sites (N-methyl/N-ethyl adjacent to an activating group) is 1. The van der Waals surface area contributed by atoms with E-state index in [1.54, 1.807) is 24.3 Å². The molecule has 0 radical (unpaired) electrons. The highest BCUT2D eigenvalue weighted by molar-refractivity contribution is 7.80.